The maximum atomic E-state index is 12.6. The summed E-state index contributed by atoms with van der Waals surface area (Å²) in [6, 6.07) is 0.266. The molecule has 2 amide bonds. The molecule has 2 fully saturated rings. The van der Waals surface area contributed by atoms with Gasteiger partial charge in [-0.15, -0.1) is 0 Å². The molecule has 1 aromatic rings. The molecule has 0 N–H and O–H groups in total. The second-order valence-electron chi connectivity index (χ2n) is 6.11. The van der Waals surface area contributed by atoms with Crippen LogP contribution in [0.1, 0.15) is 48.3 Å². The number of likely N-dealkylation sites (tertiary alicyclic amines) is 1. The molecule has 6 nitrogen and oxygen atoms in total. The quantitative estimate of drug-likeness (QED) is 0.824. The molecule has 1 aromatic heterocycles. The van der Waals surface area contributed by atoms with E-state index in [-0.39, 0.29) is 17.9 Å². The van der Waals surface area contributed by atoms with E-state index in [4.69, 9.17) is 0 Å². The van der Waals surface area contributed by atoms with Gasteiger partial charge in [-0.05, 0) is 32.6 Å². The summed E-state index contributed by atoms with van der Waals surface area (Å²) in [6.45, 7) is 4.04. The number of nitrogens with zero attached hydrogens (tertiary/aromatic N) is 4. The number of rotatable bonds is 5. The molecule has 118 valence electrons. The van der Waals surface area contributed by atoms with Crippen molar-refractivity contribution in [2.24, 2.45) is 0 Å². The maximum Gasteiger partial charge on any atom is 0.274 e. The first-order valence-corrected chi connectivity index (χ1v) is 8.02. The van der Waals surface area contributed by atoms with Crippen molar-refractivity contribution in [3.8, 4) is 0 Å². The van der Waals surface area contributed by atoms with Crippen molar-refractivity contribution in [3.05, 3.63) is 23.8 Å². The Morgan fingerprint density at radius 2 is 1.95 bits per heavy atom. The van der Waals surface area contributed by atoms with Crippen molar-refractivity contribution in [1.29, 1.82) is 0 Å². The van der Waals surface area contributed by atoms with Crippen LogP contribution in [0.4, 0.5) is 0 Å². The Morgan fingerprint density at radius 3 is 2.55 bits per heavy atom. The SMILES string of the molecule is Cc1cnc(C(=O)N(CCC(=O)N2CCCC2)C2CC2)cn1. The Hall–Kier alpha value is -1.98. The number of aryl methyl sites for hydroxylation is 1. The van der Waals surface area contributed by atoms with Crippen LogP contribution >= 0.6 is 0 Å². The molecule has 1 saturated heterocycles. The third-order valence-corrected chi connectivity index (χ3v) is 4.27. The lowest BCUT2D eigenvalue weighted by atomic mass is 10.3. The van der Waals surface area contributed by atoms with Gasteiger partial charge in [0.15, 0.2) is 0 Å². The van der Waals surface area contributed by atoms with Crippen LogP contribution in [-0.4, -0.2) is 57.3 Å². The van der Waals surface area contributed by atoms with Gasteiger partial charge in [-0.1, -0.05) is 0 Å². The van der Waals surface area contributed by atoms with Gasteiger partial charge in [0.25, 0.3) is 5.91 Å². The van der Waals surface area contributed by atoms with Crippen LogP contribution < -0.4 is 0 Å². The number of hydrogen-bond acceptors (Lipinski definition) is 4. The van der Waals surface area contributed by atoms with E-state index in [0.717, 1.165) is 44.5 Å². The van der Waals surface area contributed by atoms with Crippen LogP contribution in [0.25, 0.3) is 0 Å². The molecule has 1 aliphatic carbocycles. The average Bonchev–Trinajstić information content (AvgIpc) is 3.20. The first kappa shape index (κ1) is 14.9. The lowest BCUT2D eigenvalue weighted by Gasteiger charge is -2.23. The zero-order valence-electron chi connectivity index (χ0n) is 13.0. The minimum atomic E-state index is -0.107. The summed E-state index contributed by atoms with van der Waals surface area (Å²) < 4.78 is 0. The summed E-state index contributed by atoms with van der Waals surface area (Å²) in [4.78, 5) is 36.7. The van der Waals surface area contributed by atoms with Crippen LogP contribution in [-0.2, 0) is 4.79 Å². The molecule has 6 heteroatoms. The third-order valence-electron chi connectivity index (χ3n) is 4.27. The highest BCUT2D eigenvalue weighted by molar-refractivity contribution is 5.92. The van der Waals surface area contributed by atoms with E-state index in [1.165, 1.54) is 6.20 Å². The minimum absolute atomic E-state index is 0.107. The molecule has 0 unspecified atom stereocenters. The summed E-state index contributed by atoms with van der Waals surface area (Å²) in [6.07, 6.45) is 7.75. The zero-order chi connectivity index (χ0) is 15.5. The van der Waals surface area contributed by atoms with E-state index in [1.54, 1.807) is 11.1 Å². The van der Waals surface area contributed by atoms with Gasteiger partial charge in [0.2, 0.25) is 5.91 Å². The molecule has 3 rings (SSSR count). The Balaban J connectivity index is 1.61. The molecule has 0 radical (unpaired) electrons. The summed E-state index contributed by atoms with van der Waals surface area (Å²) in [5.74, 6) is 0.0511. The van der Waals surface area contributed by atoms with Gasteiger partial charge in [-0.25, -0.2) is 4.98 Å². The molecule has 1 saturated carbocycles. The molecule has 0 atom stereocenters. The van der Waals surface area contributed by atoms with Crippen molar-refractivity contribution >= 4 is 11.8 Å². The molecule has 0 spiro atoms. The standard InChI is InChI=1S/C16H22N4O2/c1-12-10-18-14(11-17-12)16(22)20(13-4-5-13)9-6-15(21)19-7-2-3-8-19/h10-11,13H,2-9H2,1H3. The van der Waals surface area contributed by atoms with E-state index in [9.17, 15) is 9.59 Å². The maximum absolute atomic E-state index is 12.6. The summed E-state index contributed by atoms with van der Waals surface area (Å²) >= 11 is 0. The fourth-order valence-electron chi connectivity index (χ4n) is 2.83. The molecule has 2 aliphatic rings. The number of aromatic nitrogens is 2. The normalized spacial score (nSPS) is 17.6. The monoisotopic (exact) mass is 302 g/mol. The van der Waals surface area contributed by atoms with Gasteiger partial charge in [0.1, 0.15) is 5.69 Å². The van der Waals surface area contributed by atoms with Crippen LogP contribution in [0.15, 0.2) is 12.4 Å². The fraction of sp³-hybridized carbons (Fsp3) is 0.625. The van der Waals surface area contributed by atoms with Crippen molar-refractivity contribution in [2.45, 2.75) is 45.1 Å². The predicted molar refractivity (Wildman–Crippen MR) is 81.3 cm³/mol. The van der Waals surface area contributed by atoms with E-state index in [2.05, 4.69) is 9.97 Å². The molecule has 0 bridgehead atoms. The van der Waals surface area contributed by atoms with Gasteiger partial charge in [-0.2, -0.15) is 0 Å². The van der Waals surface area contributed by atoms with E-state index in [1.807, 2.05) is 11.8 Å². The van der Waals surface area contributed by atoms with Crippen molar-refractivity contribution < 1.29 is 9.59 Å². The Morgan fingerprint density at radius 1 is 1.23 bits per heavy atom. The van der Waals surface area contributed by atoms with Gasteiger partial charge >= 0.3 is 0 Å². The van der Waals surface area contributed by atoms with E-state index < -0.39 is 0 Å². The lowest BCUT2D eigenvalue weighted by molar-refractivity contribution is -0.130. The minimum Gasteiger partial charge on any atom is -0.343 e. The number of amides is 2. The highest BCUT2D eigenvalue weighted by Crippen LogP contribution is 2.28. The Kier molecular flexibility index (Phi) is 4.36. The van der Waals surface area contributed by atoms with Gasteiger partial charge in [0.05, 0.1) is 11.9 Å². The Labute approximate surface area is 130 Å². The molecule has 22 heavy (non-hydrogen) atoms. The van der Waals surface area contributed by atoms with Gasteiger partial charge in [0, 0.05) is 38.3 Å². The van der Waals surface area contributed by atoms with Crippen LogP contribution in [0.2, 0.25) is 0 Å². The van der Waals surface area contributed by atoms with Crippen LogP contribution in [0.5, 0.6) is 0 Å². The topological polar surface area (TPSA) is 66.4 Å². The number of carbonyl (C=O) groups is 2. The second kappa shape index (κ2) is 6.42. The summed E-state index contributed by atoms with van der Waals surface area (Å²) in [5, 5.41) is 0. The second-order valence-corrected chi connectivity index (χ2v) is 6.11. The molecule has 2 heterocycles. The highest BCUT2D eigenvalue weighted by atomic mass is 16.2. The summed E-state index contributed by atoms with van der Waals surface area (Å²) in [5.41, 5.74) is 1.16. The van der Waals surface area contributed by atoms with Crippen molar-refractivity contribution in [1.82, 2.24) is 19.8 Å². The third kappa shape index (κ3) is 3.43. The molecular weight excluding hydrogens is 280 g/mol. The van der Waals surface area contributed by atoms with Crippen LogP contribution in [0, 0.1) is 6.92 Å². The number of hydrogen-bond donors (Lipinski definition) is 0. The Bertz CT molecular complexity index is 548. The van der Waals surface area contributed by atoms with Gasteiger partial charge < -0.3 is 9.80 Å². The van der Waals surface area contributed by atoms with E-state index >= 15 is 0 Å². The average molecular weight is 302 g/mol. The smallest absolute Gasteiger partial charge is 0.274 e. The van der Waals surface area contributed by atoms with Crippen LogP contribution in [0.3, 0.4) is 0 Å². The van der Waals surface area contributed by atoms with Crippen molar-refractivity contribution in [3.63, 3.8) is 0 Å². The first-order chi connectivity index (χ1) is 10.6. The first-order valence-electron chi connectivity index (χ1n) is 8.02. The zero-order valence-corrected chi connectivity index (χ0v) is 13.0. The highest BCUT2D eigenvalue weighted by Gasteiger charge is 2.34. The predicted octanol–water partition coefficient (Wildman–Crippen LogP) is 1.40. The van der Waals surface area contributed by atoms with E-state index in [0.29, 0.717) is 18.7 Å². The summed E-state index contributed by atoms with van der Waals surface area (Å²) in [7, 11) is 0. The molecule has 1 aliphatic heterocycles. The van der Waals surface area contributed by atoms with Gasteiger partial charge in [-0.3, -0.25) is 14.6 Å². The molecule has 0 aromatic carbocycles. The molecular formula is C16H22N4O2. The number of carbonyl (C=O) groups excluding carboxylic acids is 2. The lowest BCUT2D eigenvalue weighted by Crippen LogP contribution is -2.38. The largest absolute Gasteiger partial charge is 0.343 e. The van der Waals surface area contributed by atoms with Crippen molar-refractivity contribution in [2.75, 3.05) is 19.6 Å². The fourth-order valence-corrected chi connectivity index (χ4v) is 2.83.